The van der Waals surface area contributed by atoms with Gasteiger partial charge in [0.05, 0.1) is 12.2 Å². The third kappa shape index (κ3) is 3.44. The van der Waals surface area contributed by atoms with Gasteiger partial charge in [-0.15, -0.1) is 0 Å². The van der Waals surface area contributed by atoms with Crippen LogP contribution >= 0.6 is 0 Å². The molecule has 5 nitrogen and oxygen atoms in total. The first-order chi connectivity index (χ1) is 12.7. The smallest absolute Gasteiger partial charge is 0.113 e. The topological polar surface area (TPSA) is 47.7 Å². The fraction of sp³-hybridized carbons (Fsp3) is 0.429. The minimum atomic E-state index is 0.513. The Morgan fingerprint density at radius 1 is 1.19 bits per heavy atom. The molecule has 3 heterocycles. The minimum Gasteiger partial charge on any atom is -0.335 e. The van der Waals surface area contributed by atoms with Crippen molar-refractivity contribution in [2.75, 3.05) is 6.54 Å². The van der Waals surface area contributed by atoms with E-state index in [4.69, 9.17) is 5.10 Å². The Bertz CT molecular complexity index is 862. The van der Waals surface area contributed by atoms with Gasteiger partial charge >= 0.3 is 0 Å². The van der Waals surface area contributed by atoms with Gasteiger partial charge < -0.3 is 9.88 Å². The zero-order valence-corrected chi connectivity index (χ0v) is 15.7. The summed E-state index contributed by atoms with van der Waals surface area (Å²) in [6, 6.07) is 10.5. The van der Waals surface area contributed by atoms with Crippen molar-refractivity contribution < 1.29 is 0 Å². The lowest BCUT2D eigenvalue weighted by atomic mass is 9.99. The molecule has 4 rings (SSSR count). The van der Waals surface area contributed by atoms with Crippen LogP contribution in [0.4, 0.5) is 0 Å². The van der Waals surface area contributed by atoms with Crippen LogP contribution in [0.1, 0.15) is 47.1 Å². The van der Waals surface area contributed by atoms with E-state index >= 15 is 0 Å². The summed E-state index contributed by atoms with van der Waals surface area (Å²) in [5.74, 6) is 1.75. The molecule has 1 aliphatic heterocycles. The van der Waals surface area contributed by atoms with Gasteiger partial charge in [-0.25, -0.2) is 4.98 Å². The van der Waals surface area contributed by atoms with Crippen molar-refractivity contribution in [3.05, 3.63) is 71.1 Å². The van der Waals surface area contributed by atoms with Crippen LogP contribution in [-0.2, 0) is 19.6 Å². The number of rotatable bonds is 6. The monoisotopic (exact) mass is 349 g/mol. The van der Waals surface area contributed by atoms with Crippen molar-refractivity contribution in [1.82, 2.24) is 24.6 Å². The Morgan fingerprint density at radius 2 is 2.04 bits per heavy atom. The largest absolute Gasteiger partial charge is 0.335 e. The molecule has 0 saturated heterocycles. The standard InChI is InChI=1S/C21H27N5/c1-16-20(17(2)26(24-16)15-18-7-4-3-5-8-18)14-22-13-19-9-6-11-25-12-10-23-21(19)25/h3-5,7-8,10,12,19,22H,6,9,11,13-15H2,1-2H3/t19-/m1/s1. The average molecular weight is 349 g/mol. The van der Waals surface area contributed by atoms with Crippen molar-refractivity contribution in [3.8, 4) is 0 Å². The predicted molar refractivity (Wildman–Crippen MR) is 103 cm³/mol. The van der Waals surface area contributed by atoms with Gasteiger partial charge in [-0.1, -0.05) is 30.3 Å². The number of imidazole rings is 1. The molecule has 0 fully saturated rings. The summed E-state index contributed by atoms with van der Waals surface area (Å²) < 4.78 is 4.42. The molecule has 3 aromatic rings. The van der Waals surface area contributed by atoms with Gasteiger partial charge in [0.25, 0.3) is 0 Å². The quantitative estimate of drug-likeness (QED) is 0.742. The van der Waals surface area contributed by atoms with Crippen LogP contribution in [0.2, 0.25) is 0 Å². The molecule has 1 atom stereocenters. The molecule has 136 valence electrons. The molecule has 0 aliphatic carbocycles. The highest BCUT2D eigenvalue weighted by Gasteiger charge is 2.21. The summed E-state index contributed by atoms with van der Waals surface area (Å²) in [6.07, 6.45) is 6.48. The molecular formula is C21H27N5. The average Bonchev–Trinajstić information content (AvgIpc) is 3.23. The number of aromatic nitrogens is 4. The van der Waals surface area contributed by atoms with E-state index in [9.17, 15) is 0 Å². The maximum Gasteiger partial charge on any atom is 0.113 e. The summed E-state index contributed by atoms with van der Waals surface area (Å²) in [5, 5.41) is 8.41. The van der Waals surface area contributed by atoms with E-state index in [0.717, 1.165) is 31.9 Å². The second-order valence-corrected chi connectivity index (χ2v) is 7.24. The lowest BCUT2D eigenvalue weighted by Crippen LogP contribution is -2.26. The van der Waals surface area contributed by atoms with E-state index < -0.39 is 0 Å². The number of nitrogens with zero attached hydrogens (tertiary/aromatic N) is 4. The normalized spacial score (nSPS) is 16.6. The molecule has 5 heteroatoms. The second-order valence-electron chi connectivity index (χ2n) is 7.24. The van der Waals surface area contributed by atoms with Crippen molar-refractivity contribution in [2.45, 2.75) is 52.2 Å². The highest BCUT2D eigenvalue weighted by molar-refractivity contribution is 5.26. The Labute approximate surface area is 155 Å². The van der Waals surface area contributed by atoms with Gasteiger partial charge in [-0.3, -0.25) is 4.68 Å². The van der Waals surface area contributed by atoms with Crippen LogP contribution in [0.25, 0.3) is 0 Å². The summed E-state index contributed by atoms with van der Waals surface area (Å²) in [6.45, 7) is 8.05. The van der Waals surface area contributed by atoms with Crippen molar-refractivity contribution in [2.24, 2.45) is 0 Å². The van der Waals surface area contributed by atoms with E-state index in [1.807, 2.05) is 6.20 Å². The van der Waals surface area contributed by atoms with E-state index in [1.54, 1.807) is 0 Å². The number of fused-ring (bicyclic) bond motifs is 1. The van der Waals surface area contributed by atoms with E-state index in [0.29, 0.717) is 5.92 Å². The molecule has 0 spiro atoms. The fourth-order valence-corrected chi connectivity index (χ4v) is 3.97. The third-order valence-corrected chi connectivity index (χ3v) is 5.46. The van der Waals surface area contributed by atoms with E-state index in [2.05, 4.69) is 69.9 Å². The van der Waals surface area contributed by atoms with E-state index in [-0.39, 0.29) is 0 Å². The van der Waals surface area contributed by atoms with Gasteiger partial charge in [0.1, 0.15) is 5.82 Å². The molecule has 0 saturated carbocycles. The van der Waals surface area contributed by atoms with Gasteiger partial charge in [-0.05, 0) is 32.3 Å². The van der Waals surface area contributed by atoms with Crippen LogP contribution in [-0.4, -0.2) is 25.9 Å². The number of aryl methyl sites for hydroxylation is 2. The number of hydrogen-bond acceptors (Lipinski definition) is 3. The summed E-state index contributed by atoms with van der Waals surface area (Å²) in [4.78, 5) is 4.56. The highest BCUT2D eigenvalue weighted by atomic mass is 15.3. The van der Waals surface area contributed by atoms with Crippen LogP contribution in [0.5, 0.6) is 0 Å². The number of nitrogens with one attached hydrogen (secondary N) is 1. The molecule has 0 bridgehead atoms. The van der Waals surface area contributed by atoms with E-state index in [1.165, 1.54) is 35.5 Å². The molecule has 0 radical (unpaired) electrons. The Hall–Kier alpha value is -2.40. The fourth-order valence-electron chi connectivity index (χ4n) is 3.97. The van der Waals surface area contributed by atoms with Gasteiger partial charge in [0.15, 0.2) is 0 Å². The summed E-state index contributed by atoms with van der Waals surface area (Å²) in [5.41, 5.74) is 4.98. The number of benzene rings is 1. The Morgan fingerprint density at radius 3 is 2.88 bits per heavy atom. The maximum atomic E-state index is 4.76. The number of hydrogen-bond donors (Lipinski definition) is 1. The van der Waals surface area contributed by atoms with Crippen LogP contribution in [0.3, 0.4) is 0 Å². The first kappa shape index (κ1) is 17.0. The zero-order valence-electron chi connectivity index (χ0n) is 15.7. The van der Waals surface area contributed by atoms with Crippen molar-refractivity contribution >= 4 is 0 Å². The Kier molecular flexibility index (Phi) is 4.89. The predicted octanol–water partition coefficient (Wildman–Crippen LogP) is 3.41. The highest BCUT2D eigenvalue weighted by Crippen LogP contribution is 2.25. The lowest BCUT2D eigenvalue weighted by molar-refractivity contribution is 0.422. The van der Waals surface area contributed by atoms with Crippen molar-refractivity contribution in [1.29, 1.82) is 0 Å². The molecule has 1 N–H and O–H groups in total. The van der Waals surface area contributed by atoms with Gasteiger partial charge in [-0.2, -0.15) is 5.10 Å². The zero-order chi connectivity index (χ0) is 17.9. The molecule has 1 aliphatic rings. The molecular weight excluding hydrogens is 322 g/mol. The third-order valence-electron chi connectivity index (χ3n) is 5.46. The summed E-state index contributed by atoms with van der Waals surface area (Å²) in [7, 11) is 0. The molecule has 0 unspecified atom stereocenters. The summed E-state index contributed by atoms with van der Waals surface area (Å²) >= 11 is 0. The first-order valence-electron chi connectivity index (χ1n) is 9.51. The van der Waals surface area contributed by atoms with Crippen LogP contribution < -0.4 is 5.32 Å². The van der Waals surface area contributed by atoms with Crippen LogP contribution in [0.15, 0.2) is 42.7 Å². The molecule has 26 heavy (non-hydrogen) atoms. The molecule has 0 amide bonds. The second kappa shape index (κ2) is 7.46. The van der Waals surface area contributed by atoms with Gasteiger partial charge in [0.2, 0.25) is 0 Å². The first-order valence-corrected chi connectivity index (χ1v) is 9.51. The lowest BCUT2D eigenvalue weighted by Gasteiger charge is -2.23. The minimum absolute atomic E-state index is 0.513. The van der Waals surface area contributed by atoms with Crippen molar-refractivity contribution in [3.63, 3.8) is 0 Å². The maximum absolute atomic E-state index is 4.76. The van der Waals surface area contributed by atoms with Gasteiger partial charge in [0, 0.05) is 49.2 Å². The SMILES string of the molecule is Cc1nn(Cc2ccccc2)c(C)c1CNC[C@H]1CCCn2ccnc21. The van der Waals surface area contributed by atoms with Crippen LogP contribution in [0, 0.1) is 13.8 Å². The molecule has 2 aromatic heterocycles. The molecule has 1 aromatic carbocycles. The Balaban J connectivity index is 1.40.